The Labute approximate surface area is 166 Å². The molecule has 0 unspecified atom stereocenters. The van der Waals surface area contributed by atoms with Crippen LogP contribution in [0.2, 0.25) is 0 Å². The molecule has 0 aliphatic rings. The van der Waals surface area contributed by atoms with E-state index in [1.54, 1.807) is 7.05 Å². The molecular formula is C17H38NNaO3S. The van der Waals surface area contributed by atoms with Crippen molar-refractivity contribution in [1.82, 2.24) is 5.32 Å². The summed E-state index contributed by atoms with van der Waals surface area (Å²) in [5.41, 5.74) is 0. The third kappa shape index (κ3) is 20.8. The second kappa shape index (κ2) is 19.2. The molecule has 0 aromatic rings. The van der Waals surface area contributed by atoms with Crippen molar-refractivity contribution in [2.24, 2.45) is 0 Å². The maximum atomic E-state index is 11.4. The predicted octanol–water partition coefficient (Wildman–Crippen LogP) is 3.60. The Morgan fingerprint density at radius 3 is 1.65 bits per heavy atom. The van der Waals surface area contributed by atoms with Gasteiger partial charge in [0.1, 0.15) is 0 Å². The van der Waals surface area contributed by atoms with Crippen LogP contribution in [0, 0.1) is 0 Å². The number of hydrogen-bond donors (Lipinski definition) is 1. The third-order valence-electron chi connectivity index (χ3n) is 3.86. The van der Waals surface area contributed by atoms with Gasteiger partial charge in [-0.1, -0.05) is 77.6 Å². The van der Waals surface area contributed by atoms with Gasteiger partial charge in [0.05, 0.1) is 12.4 Å². The van der Waals surface area contributed by atoms with Crippen molar-refractivity contribution in [3.8, 4) is 0 Å². The molecule has 0 aliphatic carbocycles. The van der Waals surface area contributed by atoms with Crippen LogP contribution in [0.25, 0.3) is 0 Å². The Balaban J connectivity index is 0. The molecule has 0 aromatic heterocycles. The van der Waals surface area contributed by atoms with Gasteiger partial charge in [0.15, 0.2) is 0 Å². The average molecular weight is 360 g/mol. The summed E-state index contributed by atoms with van der Waals surface area (Å²) in [6, 6.07) is 0. The quantitative estimate of drug-likeness (QED) is 0.245. The SMILES string of the molecule is CCCCCCCCCCCCCCOS(=O)(=O)CCNC.[NaH]. The fraction of sp³-hybridized carbons (Fsp3) is 1.00. The molecule has 6 heteroatoms. The maximum absolute atomic E-state index is 11.4. The van der Waals surface area contributed by atoms with Crippen molar-refractivity contribution >= 4 is 39.7 Å². The number of hydrogen-bond acceptors (Lipinski definition) is 4. The second-order valence-corrected chi connectivity index (χ2v) is 7.84. The van der Waals surface area contributed by atoms with Crippen LogP contribution < -0.4 is 5.32 Å². The molecule has 0 bridgehead atoms. The normalized spacial score (nSPS) is 11.4. The monoisotopic (exact) mass is 359 g/mol. The van der Waals surface area contributed by atoms with E-state index in [4.69, 9.17) is 4.18 Å². The third-order valence-corrected chi connectivity index (χ3v) is 5.09. The molecule has 0 amide bonds. The predicted molar refractivity (Wildman–Crippen MR) is 102 cm³/mol. The Bertz CT molecular complexity index is 324. The van der Waals surface area contributed by atoms with Crippen LogP contribution in [0.15, 0.2) is 0 Å². The minimum atomic E-state index is -3.32. The zero-order chi connectivity index (χ0) is 16.5. The van der Waals surface area contributed by atoms with Crippen LogP contribution >= 0.6 is 0 Å². The van der Waals surface area contributed by atoms with Gasteiger partial charge in [-0.3, -0.25) is 4.18 Å². The Morgan fingerprint density at radius 2 is 1.22 bits per heavy atom. The zero-order valence-electron chi connectivity index (χ0n) is 14.7. The Morgan fingerprint density at radius 1 is 0.783 bits per heavy atom. The molecular weight excluding hydrogens is 321 g/mol. The molecule has 0 saturated heterocycles. The molecule has 4 nitrogen and oxygen atoms in total. The average Bonchev–Trinajstić information content (AvgIpc) is 2.50. The summed E-state index contributed by atoms with van der Waals surface area (Å²) >= 11 is 0. The van der Waals surface area contributed by atoms with E-state index in [9.17, 15) is 8.42 Å². The summed E-state index contributed by atoms with van der Waals surface area (Å²) < 4.78 is 27.8. The molecule has 0 aromatic carbocycles. The second-order valence-electron chi connectivity index (χ2n) is 6.08. The summed E-state index contributed by atoms with van der Waals surface area (Å²) in [6.45, 7) is 3.03. The first-order valence-corrected chi connectivity index (χ1v) is 10.7. The molecule has 0 heterocycles. The van der Waals surface area contributed by atoms with Crippen LogP contribution in [0.3, 0.4) is 0 Å². The van der Waals surface area contributed by atoms with Gasteiger partial charge in [0.2, 0.25) is 0 Å². The van der Waals surface area contributed by atoms with Gasteiger partial charge in [-0.05, 0) is 13.5 Å². The van der Waals surface area contributed by atoms with Gasteiger partial charge < -0.3 is 5.32 Å². The summed E-state index contributed by atoms with van der Waals surface area (Å²) in [7, 11) is -1.58. The van der Waals surface area contributed by atoms with Crippen molar-refractivity contribution in [3.63, 3.8) is 0 Å². The van der Waals surface area contributed by atoms with Gasteiger partial charge in [0, 0.05) is 6.54 Å². The molecule has 0 rings (SSSR count). The van der Waals surface area contributed by atoms with Crippen LogP contribution in [0.5, 0.6) is 0 Å². The first-order chi connectivity index (χ1) is 10.6. The molecule has 0 aliphatic heterocycles. The van der Waals surface area contributed by atoms with Gasteiger partial charge in [-0.15, -0.1) is 0 Å². The molecule has 1 N–H and O–H groups in total. The fourth-order valence-corrected chi connectivity index (χ4v) is 3.36. The van der Waals surface area contributed by atoms with Crippen LogP contribution in [-0.4, -0.2) is 63.9 Å². The van der Waals surface area contributed by atoms with Gasteiger partial charge in [0.25, 0.3) is 10.1 Å². The Hall–Kier alpha value is 0.870. The van der Waals surface area contributed by atoms with Crippen molar-refractivity contribution in [3.05, 3.63) is 0 Å². The molecule has 0 saturated carbocycles. The van der Waals surface area contributed by atoms with E-state index < -0.39 is 10.1 Å². The molecule has 0 spiro atoms. The van der Waals surface area contributed by atoms with E-state index in [2.05, 4.69) is 12.2 Å². The molecule has 0 fully saturated rings. The molecule has 0 radical (unpaired) electrons. The Kier molecular flexibility index (Phi) is 21.8. The van der Waals surface area contributed by atoms with Crippen molar-refractivity contribution in [2.45, 2.75) is 84.0 Å². The topological polar surface area (TPSA) is 55.4 Å². The summed E-state index contributed by atoms with van der Waals surface area (Å²) in [5.74, 6) is 0.0573. The van der Waals surface area contributed by atoms with Crippen molar-refractivity contribution in [1.29, 1.82) is 0 Å². The number of nitrogens with one attached hydrogen (secondary N) is 1. The van der Waals surface area contributed by atoms with E-state index >= 15 is 0 Å². The van der Waals surface area contributed by atoms with Gasteiger partial charge >= 0.3 is 29.6 Å². The van der Waals surface area contributed by atoms with Crippen molar-refractivity contribution in [2.75, 3.05) is 26.0 Å². The van der Waals surface area contributed by atoms with E-state index in [-0.39, 0.29) is 35.3 Å². The fourth-order valence-electron chi connectivity index (χ4n) is 2.41. The van der Waals surface area contributed by atoms with E-state index in [0.29, 0.717) is 13.2 Å². The summed E-state index contributed by atoms with van der Waals surface area (Å²) in [6.07, 6.45) is 15.3. The van der Waals surface area contributed by atoms with Crippen LogP contribution in [0.1, 0.15) is 84.0 Å². The van der Waals surface area contributed by atoms with Gasteiger partial charge in [-0.2, -0.15) is 8.42 Å². The van der Waals surface area contributed by atoms with E-state index in [1.165, 1.54) is 64.2 Å². The summed E-state index contributed by atoms with van der Waals surface area (Å²) in [5, 5.41) is 2.81. The molecule has 0 atom stereocenters. The number of unbranched alkanes of at least 4 members (excludes halogenated alkanes) is 11. The van der Waals surface area contributed by atoms with Crippen LogP contribution in [0.4, 0.5) is 0 Å². The first-order valence-electron chi connectivity index (χ1n) is 9.14. The van der Waals surface area contributed by atoms with Crippen molar-refractivity contribution < 1.29 is 12.6 Å². The van der Waals surface area contributed by atoms with E-state index in [0.717, 1.165) is 12.8 Å². The zero-order valence-corrected chi connectivity index (χ0v) is 15.6. The standard InChI is InChI=1S/C17H37NO3S.Na.H/c1-3-4-5-6-7-8-9-10-11-12-13-14-16-21-22(19,20)17-15-18-2;;/h18H,3-17H2,1-2H3;;. The number of rotatable bonds is 17. The minimum absolute atomic E-state index is 0. The van der Waals surface area contributed by atoms with Crippen LogP contribution in [-0.2, 0) is 14.3 Å². The van der Waals surface area contributed by atoms with E-state index in [1.807, 2.05) is 0 Å². The molecule has 23 heavy (non-hydrogen) atoms. The molecule has 136 valence electrons. The first kappa shape index (κ1) is 26.1. The van der Waals surface area contributed by atoms with Gasteiger partial charge in [-0.25, -0.2) is 0 Å². The summed E-state index contributed by atoms with van der Waals surface area (Å²) in [4.78, 5) is 0.